The molecule has 4 heteroatoms. The Balaban J connectivity index is 0. The van der Waals surface area contributed by atoms with E-state index in [1.54, 1.807) is 0 Å². The lowest BCUT2D eigenvalue weighted by atomic mass is 12.0. The van der Waals surface area contributed by atoms with Gasteiger partial charge < -0.3 is 4.89 Å². The van der Waals surface area contributed by atoms with Crippen molar-refractivity contribution in [2.45, 2.75) is 0 Å². The van der Waals surface area contributed by atoms with Gasteiger partial charge in [-0.15, -0.1) is 0 Å². The van der Waals surface area contributed by atoms with E-state index >= 15 is 0 Å². The fourth-order valence-corrected chi connectivity index (χ4v) is 0. The summed E-state index contributed by atoms with van der Waals surface area (Å²) in [6.07, 6.45) is 0. The van der Waals surface area contributed by atoms with Crippen LogP contribution in [0, 0.1) is 0 Å². The van der Waals surface area contributed by atoms with Gasteiger partial charge in [-0.05, 0) is 0 Å². The third-order valence-corrected chi connectivity index (χ3v) is 0. The van der Waals surface area contributed by atoms with E-state index in [4.69, 9.17) is 4.89 Å². The minimum Gasteiger partial charge on any atom is -0.346 e. The summed E-state index contributed by atoms with van der Waals surface area (Å²) >= 11 is 0. The molecule has 0 bridgehead atoms. The van der Waals surface area contributed by atoms with Crippen LogP contribution in [-0.4, -0.2) is 34.6 Å². The minimum atomic E-state index is -2.13. The standard InChI is InChI=1S/CH5O2P.Mg.2H/c1-4(2)3;;;/h4H,1H3,(H,2,3);;;. The van der Waals surface area contributed by atoms with Crippen LogP contribution in [0.4, 0.5) is 0 Å². The molecule has 30 valence electrons. The topological polar surface area (TPSA) is 37.3 Å². The first-order chi connectivity index (χ1) is 1.73. The molecule has 0 amide bonds. The molecule has 0 aliphatic rings. The quantitative estimate of drug-likeness (QED) is 0.323. The van der Waals surface area contributed by atoms with Crippen molar-refractivity contribution in [1.29, 1.82) is 0 Å². The average molecular weight is 106 g/mol. The van der Waals surface area contributed by atoms with E-state index in [1.165, 1.54) is 6.66 Å². The zero-order valence-electron chi connectivity index (χ0n) is 2.36. The summed E-state index contributed by atoms with van der Waals surface area (Å²) in [5, 5.41) is 0. The molecule has 0 radical (unpaired) electrons. The Morgan fingerprint density at radius 3 is 1.80 bits per heavy atom. The molecule has 5 heavy (non-hydrogen) atoms. The highest BCUT2D eigenvalue weighted by molar-refractivity contribution is 7.36. The molecular formula is CH7MgO2P. The molecule has 0 spiro atoms. The van der Waals surface area contributed by atoms with Crippen LogP contribution in [0.5, 0.6) is 0 Å². The van der Waals surface area contributed by atoms with Gasteiger partial charge in [0.1, 0.15) is 0 Å². The number of rotatable bonds is 0. The molecular weight excluding hydrogens is 99.3 g/mol. The van der Waals surface area contributed by atoms with Gasteiger partial charge in [0.25, 0.3) is 0 Å². The maximum atomic E-state index is 9.19. The third kappa shape index (κ3) is 47.4. The molecule has 0 aliphatic carbocycles. The Kier molecular flexibility index (Phi) is 9.27. The van der Waals surface area contributed by atoms with Crippen LogP contribution in [-0.2, 0) is 4.57 Å². The monoisotopic (exact) mass is 106 g/mol. The second-order valence-corrected chi connectivity index (χ2v) is 1.56. The molecule has 0 aromatic carbocycles. The van der Waals surface area contributed by atoms with Crippen LogP contribution in [0.2, 0.25) is 0 Å². The van der Waals surface area contributed by atoms with Crippen LogP contribution in [0.1, 0.15) is 0 Å². The van der Waals surface area contributed by atoms with Gasteiger partial charge in [-0.1, -0.05) is 0 Å². The van der Waals surface area contributed by atoms with Crippen molar-refractivity contribution >= 4 is 31.1 Å². The lowest BCUT2D eigenvalue weighted by Crippen LogP contribution is -1.35. The molecule has 0 heterocycles. The van der Waals surface area contributed by atoms with E-state index in [1.807, 2.05) is 0 Å². The Hall–Kier alpha value is 0.956. The molecule has 0 aromatic rings. The molecule has 2 nitrogen and oxygen atoms in total. The summed E-state index contributed by atoms with van der Waals surface area (Å²) < 4.78 is 9.19. The summed E-state index contributed by atoms with van der Waals surface area (Å²) in [6, 6.07) is 0. The zero-order valence-corrected chi connectivity index (χ0v) is 3.36. The van der Waals surface area contributed by atoms with Crippen LogP contribution in [0.25, 0.3) is 0 Å². The fourth-order valence-electron chi connectivity index (χ4n) is 0. The maximum Gasteiger partial charge on any atom is 0.316 e. The molecule has 0 fully saturated rings. The van der Waals surface area contributed by atoms with Crippen molar-refractivity contribution in [1.82, 2.24) is 0 Å². The number of hydrogen-bond donors (Lipinski definition) is 1. The van der Waals surface area contributed by atoms with Crippen molar-refractivity contribution in [3.63, 3.8) is 0 Å². The van der Waals surface area contributed by atoms with Crippen molar-refractivity contribution < 1.29 is 9.46 Å². The van der Waals surface area contributed by atoms with Gasteiger partial charge in [-0.25, -0.2) is 0 Å². The normalized spacial score (nSPS) is 12.4. The van der Waals surface area contributed by atoms with Gasteiger partial charge in [-0.2, -0.15) is 0 Å². The second-order valence-electron chi connectivity index (χ2n) is 0.519. The smallest absolute Gasteiger partial charge is 0.316 e. The van der Waals surface area contributed by atoms with Crippen molar-refractivity contribution in [3.8, 4) is 0 Å². The Labute approximate surface area is 47.6 Å². The fraction of sp³-hybridized carbons (Fsp3) is 1.00. The third-order valence-electron chi connectivity index (χ3n) is 0. The van der Waals surface area contributed by atoms with Gasteiger partial charge in [0.05, 0.1) is 0 Å². The first kappa shape index (κ1) is 9.35. The van der Waals surface area contributed by atoms with E-state index in [-0.39, 0.29) is 23.1 Å². The summed E-state index contributed by atoms with van der Waals surface area (Å²) in [5.41, 5.74) is 0. The van der Waals surface area contributed by atoms with E-state index in [9.17, 15) is 4.57 Å². The molecule has 0 saturated heterocycles. The van der Waals surface area contributed by atoms with E-state index in [2.05, 4.69) is 0 Å². The maximum absolute atomic E-state index is 9.19. The highest BCUT2D eigenvalue weighted by atomic mass is 31.1. The predicted molar refractivity (Wildman–Crippen MR) is 25.7 cm³/mol. The van der Waals surface area contributed by atoms with Gasteiger partial charge in [-0.3, -0.25) is 4.57 Å². The van der Waals surface area contributed by atoms with Gasteiger partial charge in [0.15, 0.2) is 8.03 Å². The van der Waals surface area contributed by atoms with Crippen LogP contribution in [0.3, 0.4) is 0 Å². The Bertz CT molecular complexity index is 32.6. The molecule has 0 saturated carbocycles. The SMILES string of the molecule is C[PH](=O)O.[MgH2]. The van der Waals surface area contributed by atoms with Gasteiger partial charge >= 0.3 is 23.1 Å². The lowest BCUT2D eigenvalue weighted by Gasteiger charge is -1.61. The summed E-state index contributed by atoms with van der Waals surface area (Å²) in [4.78, 5) is 7.60. The highest BCUT2D eigenvalue weighted by Gasteiger charge is 1.60. The molecule has 0 rings (SSSR count). The van der Waals surface area contributed by atoms with E-state index in [0.717, 1.165) is 0 Å². The molecule has 1 N–H and O–H groups in total. The van der Waals surface area contributed by atoms with E-state index < -0.39 is 8.03 Å². The van der Waals surface area contributed by atoms with Crippen LogP contribution >= 0.6 is 8.03 Å². The van der Waals surface area contributed by atoms with Gasteiger partial charge in [0.2, 0.25) is 0 Å². The Morgan fingerprint density at radius 1 is 1.80 bits per heavy atom. The van der Waals surface area contributed by atoms with Crippen molar-refractivity contribution in [2.75, 3.05) is 6.66 Å². The summed E-state index contributed by atoms with van der Waals surface area (Å²) in [7, 11) is -2.13. The largest absolute Gasteiger partial charge is 0.346 e. The van der Waals surface area contributed by atoms with Crippen molar-refractivity contribution in [2.24, 2.45) is 0 Å². The molecule has 1 unspecified atom stereocenters. The Morgan fingerprint density at radius 2 is 1.80 bits per heavy atom. The summed E-state index contributed by atoms with van der Waals surface area (Å²) in [6.45, 7) is 1.27. The molecule has 1 atom stereocenters. The summed E-state index contributed by atoms with van der Waals surface area (Å²) in [5.74, 6) is 0. The molecule has 0 aromatic heterocycles. The number of hydrogen-bond acceptors (Lipinski definition) is 1. The van der Waals surface area contributed by atoms with Crippen LogP contribution < -0.4 is 0 Å². The highest BCUT2D eigenvalue weighted by Crippen LogP contribution is 1.99. The lowest BCUT2D eigenvalue weighted by molar-refractivity contribution is 0.509. The predicted octanol–water partition coefficient (Wildman–Crippen LogP) is -0.833. The zero-order chi connectivity index (χ0) is 3.58. The molecule has 0 aliphatic heterocycles. The minimum absolute atomic E-state index is 0. The average Bonchev–Trinajstić information content (AvgIpc) is 0.811. The van der Waals surface area contributed by atoms with Crippen LogP contribution in [0.15, 0.2) is 0 Å². The first-order valence-electron chi connectivity index (χ1n) is 0.928. The second kappa shape index (κ2) is 4.96. The van der Waals surface area contributed by atoms with Gasteiger partial charge in [0, 0.05) is 6.66 Å². The first-order valence-corrected chi connectivity index (χ1v) is 2.78. The van der Waals surface area contributed by atoms with E-state index in [0.29, 0.717) is 0 Å². The van der Waals surface area contributed by atoms with Crippen molar-refractivity contribution in [3.05, 3.63) is 0 Å².